The van der Waals surface area contributed by atoms with E-state index in [2.05, 4.69) is 28.0 Å². The van der Waals surface area contributed by atoms with Crippen molar-refractivity contribution in [2.24, 2.45) is 0 Å². The van der Waals surface area contributed by atoms with Crippen LogP contribution in [0.3, 0.4) is 0 Å². The number of nitrogens with one attached hydrogen (secondary N) is 4. The molecule has 5 aromatic rings. The molecule has 7 rings (SSSR count). The summed E-state index contributed by atoms with van der Waals surface area (Å²) in [5.41, 5.74) is 11.6. The summed E-state index contributed by atoms with van der Waals surface area (Å²) in [5.74, 6) is -0.437. The van der Waals surface area contributed by atoms with E-state index < -0.39 is 6.10 Å². The summed E-state index contributed by atoms with van der Waals surface area (Å²) in [7, 11) is 0. The molecule has 0 aromatic heterocycles. The number of hydroxylamine groups is 4. The lowest BCUT2D eigenvalue weighted by Crippen LogP contribution is -2.34. The van der Waals surface area contributed by atoms with Crippen molar-refractivity contribution < 1.29 is 38.5 Å². The second-order valence-electron chi connectivity index (χ2n) is 11.7. The molecule has 5 aromatic carbocycles. The van der Waals surface area contributed by atoms with Crippen LogP contribution in [0.25, 0.3) is 54.9 Å². The van der Waals surface area contributed by atoms with Gasteiger partial charge >= 0.3 is 0 Å². The number of rotatable bonds is 12. The monoisotopic (exact) mass is 650 g/mol. The van der Waals surface area contributed by atoms with E-state index in [-0.39, 0.29) is 60.8 Å². The zero-order chi connectivity index (χ0) is 33.7. The first kappa shape index (κ1) is 31.0. The second kappa shape index (κ2) is 12.2. The molecule has 0 fully saturated rings. The van der Waals surface area contributed by atoms with Crippen molar-refractivity contribution in [2.45, 2.75) is 65.9 Å². The summed E-state index contributed by atoms with van der Waals surface area (Å²) in [6, 6.07) is 11.7. The largest absolute Gasteiger partial charge is 0.380 e. The Kier molecular flexibility index (Phi) is 7.88. The lowest BCUT2D eigenvalue weighted by atomic mass is 9.79. The van der Waals surface area contributed by atoms with Gasteiger partial charge in [-0.25, -0.2) is 5.48 Å². The Hall–Kier alpha value is -5.62. The summed E-state index contributed by atoms with van der Waals surface area (Å²) in [4.78, 5) is 73.7. The molecule has 0 spiro atoms. The highest BCUT2D eigenvalue weighted by atomic mass is 16.7. The Bertz CT molecular complexity index is 2320. The summed E-state index contributed by atoms with van der Waals surface area (Å²) in [6.45, 7) is 6.88. The fourth-order valence-corrected chi connectivity index (χ4v) is 6.56. The molecule has 246 valence electrons. The quantitative estimate of drug-likeness (QED) is 0.0904. The van der Waals surface area contributed by atoms with Crippen LogP contribution < -0.4 is 42.0 Å². The molecule has 0 saturated heterocycles. The lowest BCUT2D eigenvalue weighted by molar-refractivity contribution is -0.139. The molecule has 0 aliphatic heterocycles. The van der Waals surface area contributed by atoms with Crippen molar-refractivity contribution in [1.82, 2.24) is 21.9 Å². The number of hydrogen-bond donors (Lipinski definition) is 4. The standard InChI is InChI=1S/C36H34N4O8/c1-5-23(41)37-45-33-19-13-9-17-11-15-21-31-27(17)29(19)30-20(34(33)46-38-24(42)6-2)14-10-18-12-16-22(32(31)28(18)30)36(48-40-26(44)8-4)35(21)47-39-25(43)7-3/h9-15,33H,5-8,16H2,1-4H3,(H,37,41)(H,38,42)(H,39,43)(H,40,44). The topological polar surface area (TPSA) is 153 Å². The van der Waals surface area contributed by atoms with Gasteiger partial charge in [0.15, 0.2) is 11.9 Å². The summed E-state index contributed by atoms with van der Waals surface area (Å²) in [5, 5.41) is 8.65. The molecule has 0 bridgehead atoms. The summed E-state index contributed by atoms with van der Waals surface area (Å²) in [6.07, 6.45) is 2.43. The predicted molar refractivity (Wildman–Crippen MR) is 178 cm³/mol. The van der Waals surface area contributed by atoms with Gasteiger partial charge in [-0.1, -0.05) is 64.1 Å². The van der Waals surface area contributed by atoms with Gasteiger partial charge in [0, 0.05) is 52.6 Å². The van der Waals surface area contributed by atoms with Crippen LogP contribution in [0.5, 0.6) is 11.5 Å². The van der Waals surface area contributed by atoms with E-state index in [0.29, 0.717) is 22.8 Å². The van der Waals surface area contributed by atoms with Gasteiger partial charge in [0.05, 0.1) is 0 Å². The Morgan fingerprint density at radius 2 is 1.25 bits per heavy atom. The molecule has 48 heavy (non-hydrogen) atoms. The van der Waals surface area contributed by atoms with Crippen LogP contribution in [-0.2, 0) is 35.3 Å². The molecule has 1 atom stereocenters. The molecule has 4 amide bonds. The first-order valence-corrected chi connectivity index (χ1v) is 16.1. The first-order chi connectivity index (χ1) is 23.3. The molecule has 2 aliphatic carbocycles. The molecule has 1 unspecified atom stereocenters. The zero-order valence-electron chi connectivity index (χ0n) is 26.9. The van der Waals surface area contributed by atoms with Crippen LogP contribution in [0.2, 0.25) is 0 Å². The van der Waals surface area contributed by atoms with E-state index in [1.54, 1.807) is 27.7 Å². The Morgan fingerprint density at radius 1 is 0.625 bits per heavy atom. The molecule has 0 radical (unpaired) electrons. The minimum Gasteiger partial charge on any atom is -0.380 e. The highest BCUT2D eigenvalue weighted by Crippen LogP contribution is 2.52. The van der Waals surface area contributed by atoms with Gasteiger partial charge in [-0.2, -0.15) is 16.4 Å². The molecular weight excluding hydrogens is 616 g/mol. The molecule has 2 aliphatic rings. The number of benzene rings is 5. The van der Waals surface area contributed by atoms with Crippen molar-refractivity contribution in [3.05, 3.63) is 58.0 Å². The summed E-state index contributed by atoms with van der Waals surface area (Å²) >= 11 is 0. The number of carbonyl (C=O) groups excluding carboxylic acids is 4. The fraction of sp³-hybridized carbons (Fsp3) is 0.278. The third-order valence-corrected chi connectivity index (χ3v) is 8.93. The highest BCUT2D eigenvalue weighted by Gasteiger charge is 2.35. The predicted octanol–water partition coefficient (Wildman–Crippen LogP) is 3.79. The van der Waals surface area contributed by atoms with E-state index in [1.807, 2.05) is 36.4 Å². The van der Waals surface area contributed by atoms with E-state index in [9.17, 15) is 19.2 Å². The molecule has 0 heterocycles. The molecule has 12 heteroatoms. The van der Waals surface area contributed by atoms with E-state index in [4.69, 9.17) is 19.4 Å². The third-order valence-electron chi connectivity index (χ3n) is 8.93. The van der Waals surface area contributed by atoms with Gasteiger partial charge in [0.25, 0.3) is 17.7 Å². The highest BCUT2D eigenvalue weighted by molar-refractivity contribution is 6.37. The first-order valence-electron chi connectivity index (χ1n) is 16.1. The average Bonchev–Trinajstić information content (AvgIpc) is 3.12. The van der Waals surface area contributed by atoms with Crippen LogP contribution in [0.4, 0.5) is 0 Å². The van der Waals surface area contributed by atoms with Gasteiger partial charge in [-0.05, 0) is 50.2 Å². The molecule has 0 saturated carbocycles. The fourth-order valence-electron chi connectivity index (χ4n) is 6.56. The van der Waals surface area contributed by atoms with Crippen LogP contribution in [0, 0.1) is 0 Å². The third kappa shape index (κ3) is 4.79. The van der Waals surface area contributed by atoms with Gasteiger partial charge in [0.1, 0.15) is 0 Å². The average molecular weight is 651 g/mol. The summed E-state index contributed by atoms with van der Waals surface area (Å²) < 4.78 is 0. The van der Waals surface area contributed by atoms with Gasteiger partial charge in [-0.3, -0.25) is 24.0 Å². The molecule has 12 nitrogen and oxygen atoms in total. The Balaban J connectivity index is 1.62. The van der Waals surface area contributed by atoms with Crippen molar-refractivity contribution in [1.29, 1.82) is 0 Å². The lowest BCUT2D eigenvalue weighted by Gasteiger charge is -2.30. The van der Waals surface area contributed by atoms with Crippen molar-refractivity contribution in [3.8, 4) is 11.5 Å². The Morgan fingerprint density at radius 3 is 1.94 bits per heavy atom. The maximum absolute atomic E-state index is 12.4. The van der Waals surface area contributed by atoms with Crippen LogP contribution >= 0.6 is 0 Å². The SMILES string of the molecule is CCC(=O)NOC1=c2ccc3c4c5c(c(ONC(=O)CC)c(ONC(=O)CC)c6ccc7ccc(c(c24)c7c65)C1ONC(=O)CC)CC=3. The normalized spacial score (nSPS) is 14.4. The van der Waals surface area contributed by atoms with E-state index in [0.717, 1.165) is 54.0 Å². The molecule has 4 N–H and O–H groups in total. The number of amides is 4. The van der Waals surface area contributed by atoms with Crippen molar-refractivity contribution >= 4 is 78.6 Å². The van der Waals surface area contributed by atoms with Crippen LogP contribution in [-0.4, -0.2) is 23.6 Å². The number of hydrogen-bond acceptors (Lipinski definition) is 8. The van der Waals surface area contributed by atoms with E-state index in [1.165, 1.54) is 0 Å². The minimum atomic E-state index is -0.905. The second-order valence-corrected chi connectivity index (χ2v) is 11.7. The zero-order valence-corrected chi connectivity index (χ0v) is 26.9. The maximum Gasteiger partial charge on any atom is 0.252 e. The minimum absolute atomic E-state index is 0.199. The molecular formula is C36H34N4O8. The van der Waals surface area contributed by atoms with Gasteiger partial charge in [0.2, 0.25) is 17.4 Å². The van der Waals surface area contributed by atoms with E-state index >= 15 is 0 Å². The number of carbonyl (C=O) groups is 4. The van der Waals surface area contributed by atoms with Crippen LogP contribution in [0.1, 0.15) is 70.6 Å². The van der Waals surface area contributed by atoms with Crippen molar-refractivity contribution in [2.75, 3.05) is 0 Å². The van der Waals surface area contributed by atoms with Gasteiger partial charge in [-0.15, -0.1) is 0 Å². The maximum atomic E-state index is 12.4. The van der Waals surface area contributed by atoms with Crippen LogP contribution in [0.15, 0.2) is 36.4 Å². The Labute approximate surface area is 274 Å². The van der Waals surface area contributed by atoms with Crippen molar-refractivity contribution in [3.63, 3.8) is 0 Å². The van der Waals surface area contributed by atoms with Gasteiger partial charge < -0.3 is 14.5 Å². The smallest absolute Gasteiger partial charge is 0.252 e.